The van der Waals surface area contributed by atoms with E-state index >= 15 is 0 Å². The van der Waals surface area contributed by atoms with Crippen LogP contribution in [0.25, 0.3) is 0 Å². The minimum absolute atomic E-state index is 0.143. The van der Waals surface area contributed by atoms with Crippen LogP contribution in [0, 0.1) is 5.92 Å². The van der Waals surface area contributed by atoms with Gasteiger partial charge in [-0.05, 0) is 43.0 Å². The largest absolute Gasteiger partial charge is 0.399 e. The van der Waals surface area contributed by atoms with Gasteiger partial charge in [-0.2, -0.15) is 0 Å². The molecule has 0 aliphatic carbocycles. The van der Waals surface area contributed by atoms with Crippen LogP contribution in [0.2, 0.25) is 0 Å². The van der Waals surface area contributed by atoms with Gasteiger partial charge in [-0.25, -0.2) is 0 Å². The van der Waals surface area contributed by atoms with Crippen molar-refractivity contribution in [3.63, 3.8) is 0 Å². The number of rotatable bonds is 3. The molecule has 1 fully saturated rings. The van der Waals surface area contributed by atoms with Gasteiger partial charge in [0, 0.05) is 24.3 Å². The van der Waals surface area contributed by atoms with Crippen LogP contribution in [0.5, 0.6) is 0 Å². The summed E-state index contributed by atoms with van der Waals surface area (Å²) in [6.45, 7) is 4.02. The van der Waals surface area contributed by atoms with Crippen molar-refractivity contribution in [3.8, 4) is 0 Å². The van der Waals surface area contributed by atoms with Gasteiger partial charge in [0.2, 0.25) is 0 Å². The first-order valence-corrected chi connectivity index (χ1v) is 6.85. The Hall–Kier alpha value is -1.51. The summed E-state index contributed by atoms with van der Waals surface area (Å²) >= 11 is 0. The van der Waals surface area contributed by atoms with Gasteiger partial charge in [0.25, 0.3) is 5.91 Å². The average molecular weight is 246 g/mol. The van der Waals surface area contributed by atoms with E-state index in [0.29, 0.717) is 5.69 Å². The van der Waals surface area contributed by atoms with Gasteiger partial charge in [0.1, 0.15) is 0 Å². The SMILES string of the molecule is CCCC1CCN(C(=O)c2ccc(N)cc2)CC1. The van der Waals surface area contributed by atoms with Crippen molar-refractivity contribution >= 4 is 11.6 Å². The standard InChI is InChI=1S/C15H22N2O/c1-2-3-12-8-10-17(11-9-12)15(18)13-4-6-14(16)7-5-13/h4-7,12H,2-3,8-11,16H2,1H3. The number of nitrogens with two attached hydrogens (primary N) is 1. The van der Waals surface area contributed by atoms with Gasteiger partial charge < -0.3 is 10.6 Å². The lowest BCUT2D eigenvalue weighted by Gasteiger charge is -2.32. The minimum atomic E-state index is 0.143. The van der Waals surface area contributed by atoms with E-state index < -0.39 is 0 Å². The van der Waals surface area contributed by atoms with Crippen LogP contribution >= 0.6 is 0 Å². The van der Waals surface area contributed by atoms with Crippen molar-refractivity contribution < 1.29 is 4.79 Å². The molecular formula is C15H22N2O. The van der Waals surface area contributed by atoms with Crippen LogP contribution in [0.15, 0.2) is 24.3 Å². The fourth-order valence-electron chi connectivity index (χ4n) is 2.64. The monoisotopic (exact) mass is 246 g/mol. The van der Waals surface area contributed by atoms with E-state index in [9.17, 15) is 4.79 Å². The van der Waals surface area contributed by atoms with Crippen LogP contribution < -0.4 is 5.73 Å². The maximum absolute atomic E-state index is 12.3. The lowest BCUT2D eigenvalue weighted by molar-refractivity contribution is 0.0686. The van der Waals surface area contributed by atoms with E-state index in [1.807, 2.05) is 17.0 Å². The molecule has 2 rings (SSSR count). The molecule has 3 heteroatoms. The van der Waals surface area contributed by atoms with Gasteiger partial charge in [-0.15, -0.1) is 0 Å². The summed E-state index contributed by atoms with van der Waals surface area (Å²) in [5.74, 6) is 0.954. The molecule has 0 spiro atoms. The summed E-state index contributed by atoms with van der Waals surface area (Å²) in [4.78, 5) is 14.2. The molecule has 1 aromatic carbocycles. The minimum Gasteiger partial charge on any atom is -0.399 e. The summed E-state index contributed by atoms with van der Waals surface area (Å²) in [7, 11) is 0. The predicted molar refractivity (Wildman–Crippen MR) is 74.4 cm³/mol. The van der Waals surface area contributed by atoms with Crippen LogP contribution in [0.1, 0.15) is 43.0 Å². The Labute approximate surface area is 109 Å². The molecule has 1 amide bonds. The van der Waals surface area contributed by atoms with Gasteiger partial charge in [0.15, 0.2) is 0 Å². The third kappa shape index (κ3) is 3.03. The topological polar surface area (TPSA) is 46.3 Å². The van der Waals surface area contributed by atoms with Crippen LogP contribution in [-0.2, 0) is 0 Å². The highest BCUT2D eigenvalue weighted by molar-refractivity contribution is 5.94. The molecule has 1 aliphatic heterocycles. The Bertz CT molecular complexity index is 391. The van der Waals surface area contributed by atoms with E-state index in [4.69, 9.17) is 5.73 Å². The van der Waals surface area contributed by atoms with Crippen LogP contribution in [0.4, 0.5) is 5.69 Å². The maximum Gasteiger partial charge on any atom is 0.253 e. The first kappa shape index (κ1) is 12.9. The number of nitrogen functional groups attached to an aromatic ring is 1. The lowest BCUT2D eigenvalue weighted by Crippen LogP contribution is -2.38. The number of hydrogen-bond donors (Lipinski definition) is 1. The molecule has 1 saturated heterocycles. The number of carbonyl (C=O) groups is 1. The Morgan fingerprint density at radius 3 is 2.44 bits per heavy atom. The predicted octanol–water partition coefficient (Wildman–Crippen LogP) is 2.92. The fourth-order valence-corrected chi connectivity index (χ4v) is 2.64. The average Bonchev–Trinajstić information content (AvgIpc) is 2.40. The summed E-state index contributed by atoms with van der Waals surface area (Å²) in [5.41, 5.74) is 7.08. The van der Waals surface area contributed by atoms with E-state index in [2.05, 4.69) is 6.92 Å². The van der Waals surface area contributed by atoms with Gasteiger partial charge in [0.05, 0.1) is 0 Å². The van der Waals surface area contributed by atoms with Crippen molar-refractivity contribution in [2.24, 2.45) is 5.92 Å². The maximum atomic E-state index is 12.3. The molecule has 0 saturated carbocycles. The van der Waals surface area contributed by atoms with E-state index in [1.54, 1.807) is 12.1 Å². The van der Waals surface area contributed by atoms with Crippen LogP contribution in [0.3, 0.4) is 0 Å². The second-order valence-corrected chi connectivity index (χ2v) is 5.15. The third-order valence-electron chi connectivity index (χ3n) is 3.76. The summed E-state index contributed by atoms with van der Waals surface area (Å²) in [6, 6.07) is 7.21. The molecule has 0 unspecified atom stereocenters. The van der Waals surface area contributed by atoms with Crippen molar-refractivity contribution in [1.29, 1.82) is 0 Å². The molecule has 0 radical (unpaired) electrons. The number of amides is 1. The third-order valence-corrected chi connectivity index (χ3v) is 3.76. The van der Waals surface area contributed by atoms with E-state index in [-0.39, 0.29) is 5.91 Å². The molecule has 18 heavy (non-hydrogen) atoms. The number of piperidine rings is 1. The molecule has 1 heterocycles. The van der Waals surface area contributed by atoms with E-state index in [0.717, 1.165) is 37.4 Å². The molecule has 2 N–H and O–H groups in total. The van der Waals surface area contributed by atoms with Gasteiger partial charge in [-0.3, -0.25) is 4.79 Å². The number of benzene rings is 1. The highest BCUT2D eigenvalue weighted by Gasteiger charge is 2.22. The Kier molecular flexibility index (Phi) is 4.24. The highest BCUT2D eigenvalue weighted by Crippen LogP contribution is 2.23. The normalized spacial score (nSPS) is 16.8. The van der Waals surface area contributed by atoms with Gasteiger partial charge in [-0.1, -0.05) is 19.8 Å². The molecular weight excluding hydrogens is 224 g/mol. The number of anilines is 1. The van der Waals surface area contributed by atoms with Gasteiger partial charge >= 0.3 is 0 Å². The smallest absolute Gasteiger partial charge is 0.253 e. The zero-order valence-corrected chi connectivity index (χ0v) is 11.1. The second kappa shape index (κ2) is 5.89. The summed E-state index contributed by atoms with van der Waals surface area (Å²) in [6.07, 6.45) is 4.84. The Morgan fingerprint density at radius 2 is 1.89 bits per heavy atom. The van der Waals surface area contributed by atoms with Crippen molar-refractivity contribution in [3.05, 3.63) is 29.8 Å². The molecule has 0 aromatic heterocycles. The van der Waals surface area contributed by atoms with Crippen molar-refractivity contribution in [2.75, 3.05) is 18.8 Å². The summed E-state index contributed by atoms with van der Waals surface area (Å²) in [5, 5.41) is 0. The van der Waals surface area contributed by atoms with E-state index in [1.165, 1.54) is 12.8 Å². The number of likely N-dealkylation sites (tertiary alicyclic amines) is 1. The quantitative estimate of drug-likeness (QED) is 0.833. The first-order chi connectivity index (χ1) is 8.70. The fraction of sp³-hybridized carbons (Fsp3) is 0.533. The molecule has 1 aliphatic rings. The highest BCUT2D eigenvalue weighted by atomic mass is 16.2. The molecule has 3 nitrogen and oxygen atoms in total. The number of carbonyl (C=O) groups excluding carboxylic acids is 1. The van der Waals surface area contributed by atoms with Crippen molar-refractivity contribution in [2.45, 2.75) is 32.6 Å². The molecule has 98 valence electrons. The van der Waals surface area contributed by atoms with Crippen molar-refractivity contribution in [1.82, 2.24) is 4.90 Å². The zero-order valence-electron chi connectivity index (χ0n) is 11.1. The lowest BCUT2D eigenvalue weighted by atomic mass is 9.92. The summed E-state index contributed by atoms with van der Waals surface area (Å²) < 4.78 is 0. The molecule has 0 atom stereocenters. The number of hydrogen-bond acceptors (Lipinski definition) is 2. The molecule has 0 bridgehead atoms. The zero-order chi connectivity index (χ0) is 13.0. The second-order valence-electron chi connectivity index (χ2n) is 5.15. The number of nitrogens with zero attached hydrogens (tertiary/aromatic N) is 1. The first-order valence-electron chi connectivity index (χ1n) is 6.85. The molecule has 1 aromatic rings. The van der Waals surface area contributed by atoms with Crippen LogP contribution in [-0.4, -0.2) is 23.9 Å². The Balaban J connectivity index is 1.93. The Morgan fingerprint density at radius 1 is 1.28 bits per heavy atom.